The number of hydrogen-bond donors (Lipinski definition) is 0. The van der Waals surface area contributed by atoms with Crippen molar-refractivity contribution < 1.29 is 0 Å². The molecule has 0 aliphatic heterocycles. The highest BCUT2D eigenvalue weighted by Crippen LogP contribution is 2.53. The maximum atomic E-state index is 2.60. The van der Waals surface area contributed by atoms with E-state index < -0.39 is 0 Å². The molecule has 0 fully saturated rings. The lowest BCUT2D eigenvalue weighted by atomic mass is 9.70. The molecule has 0 N–H and O–H groups in total. The number of allylic oxidation sites excluding steroid dienone is 9. The van der Waals surface area contributed by atoms with E-state index in [0.29, 0.717) is 0 Å². The standard InChI is InChI=1S/C57H55N/c1-38-34-42(48-19-10-8-9-16-39-17-15-18-40-24-25-41(48)37-53(39)40)36-43(35-38)54-49-20-11-13-22-51(49)55(52-23-14-12-21-50(52)54)58(46-30-26-44(27-31-46)56(2,3)4)47-32-28-45(29-33-47)57(5,6)7/h8-13,15-21,24-37,51H,14,22-23H2,1-7H3. The van der Waals surface area contributed by atoms with Crippen LogP contribution in [0.5, 0.6) is 0 Å². The van der Waals surface area contributed by atoms with Gasteiger partial charge in [0.2, 0.25) is 0 Å². The van der Waals surface area contributed by atoms with Gasteiger partial charge in [0.05, 0.1) is 0 Å². The van der Waals surface area contributed by atoms with Gasteiger partial charge in [0, 0.05) is 23.0 Å². The van der Waals surface area contributed by atoms with Crippen LogP contribution in [-0.4, -0.2) is 0 Å². The minimum Gasteiger partial charge on any atom is -0.313 e. The Labute approximate surface area is 346 Å². The Hall–Kier alpha value is -5.92. The molecule has 0 saturated carbocycles. The zero-order valence-corrected chi connectivity index (χ0v) is 35.2. The van der Waals surface area contributed by atoms with Crippen LogP contribution in [0, 0.1) is 12.8 Å². The van der Waals surface area contributed by atoms with Gasteiger partial charge in [-0.15, -0.1) is 0 Å². The first-order chi connectivity index (χ1) is 27.9. The number of nitrogens with zero attached hydrogens (tertiary/aromatic N) is 1. The predicted octanol–water partition coefficient (Wildman–Crippen LogP) is 15.8. The van der Waals surface area contributed by atoms with E-state index in [0.717, 1.165) is 19.3 Å². The Bertz CT molecular complexity index is 2690. The molecule has 1 atom stereocenters. The first-order valence-electron chi connectivity index (χ1n) is 21.2. The van der Waals surface area contributed by atoms with Crippen molar-refractivity contribution in [3.05, 3.63) is 209 Å². The van der Waals surface area contributed by atoms with Crippen LogP contribution in [0.25, 0.3) is 38.2 Å². The van der Waals surface area contributed by atoms with Gasteiger partial charge in [-0.05, 0) is 151 Å². The van der Waals surface area contributed by atoms with Gasteiger partial charge >= 0.3 is 0 Å². The first kappa shape index (κ1) is 37.6. The van der Waals surface area contributed by atoms with Gasteiger partial charge in [-0.2, -0.15) is 0 Å². The van der Waals surface area contributed by atoms with Crippen LogP contribution in [-0.2, 0) is 10.8 Å². The number of aryl methyl sites for hydroxylation is 1. The van der Waals surface area contributed by atoms with E-state index in [1.54, 1.807) is 0 Å². The summed E-state index contributed by atoms with van der Waals surface area (Å²) in [6, 6.07) is 50.5. The summed E-state index contributed by atoms with van der Waals surface area (Å²) >= 11 is 0. The fraction of sp³-hybridized carbons (Fsp3) is 0.228. The number of fused-ring (bicyclic) bond motifs is 3. The molecule has 0 aromatic heterocycles. The fourth-order valence-corrected chi connectivity index (χ4v) is 9.36. The molecule has 2 bridgehead atoms. The summed E-state index contributed by atoms with van der Waals surface area (Å²) in [4.78, 5) is 2.60. The third-order valence-electron chi connectivity index (χ3n) is 12.4. The largest absolute Gasteiger partial charge is 0.313 e. The van der Waals surface area contributed by atoms with Crippen molar-refractivity contribution in [3.8, 4) is 11.1 Å². The lowest BCUT2D eigenvalue weighted by Gasteiger charge is -2.42. The SMILES string of the molecule is Cc1cc(C2=C3C=CCCC3=C(N(c3ccc(C(C)(C)C)cc3)c3ccc(C(C)(C)C)cc3)C3CC=CC=C23)cc(-c2cccccc3cccc4ccc2cc34)c1. The monoisotopic (exact) mass is 753 g/mol. The summed E-state index contributed by atoms with van der Waals surface area (Å²) in [5.41, 5.74) is 17.3. The fourth-order valence-electron chi connectivity index (χ4n) is 9.36. The summed E-state index contributed by atoms with van der Waals surface area (Å²) in [7, 11) is 0. The van der Waals surface area contributed by atoms with Crippen LogP contribution in [0.2, 0.25) is 0 Å². The Kier molecular flexibility index (Phi) is 9.60. The Morgan fingerprint density at radius 2 is 1.21 bits per heavy atom. The van der Waals surface area contributed by atoms with Crippen molar-refractivity contribution in [1.29, 1.82) is 0 Å². The summed E-state index contributed by atoms with van der Waals surface area (Å²) in [5, 5.41) is 5.03. The van der Waals surface area contributed by atoms with E-state index in [-0.39, 0.29) is 16.7 Å². The van der Waals surface area contributed by atoms with Crippen LogP contribution >= 0.6 is 0 Å². The molecule has 9 rings (SSSR count). The van der Waals surface area contributed by atoms with Gasteiger partial charge in [-0.25, -0.2) is 0 Å². The highest BCUT2D eigenvalue weighted by molar-refractivity contribution is 6.03. The van der Waals surface area contributed by atoms with Crippen LogP contribution in [0.1, 0.15) is 83.1 Å². The normalized spacial score (nSPS) is 16.7. The molecule has 0 heterocycles. The summed E-state index contributed by atoms with van der Waals surface area (Å²) in [6.07, 6.45) is 14.9. The molecule has 0 radical (unpaired) electrons. The molecule has 0 saturated heterocycles. The van der Waals surface area contributed by atoms with Crippen LogP contribution in [0.4, 0.5) is 11.4 Å². The van der Waals surface area contributed by atoms with Crippen LogP contribution < -0.4 is 4.90 Å². The number of anilines is 2. The lowest BCUT2D eigenvalue weighted by molar-refractivity contribution is 0.590. The molecular weight excluding hydrogens is 699 g/mol. The van der Waals surface area contributed by atoms with E-state index >= 15 is 0 Å². The highest BCUT2D eigenvalue weighted by Gasteiger charge is 2.37. The molecule has 6 aromatic carbocycles. The predicted molar refractivity (Wildman–Crippen MR) is 251 cm³/mol. The molecule has 1 unspecified atom stereocenters. The average molecular weight is 754 g/mol. The van der Waals surface area contributed by atoms with Crippen molar-refractivity contribution in [3.63, 3.8) is 0 Å². The summed E-state index contributed by atoms with van der Waals surface area (Å²) < 4.78 is 0. The number of hydrogen-bond acceptors (Lipinski definition) is 1. The zero-order valence-electron chi connectivity index (χ0n) is 35.2. The zero-order chi connectivity index (χ0) is 40.2. The minimum absolute atomic E-state index is 0.0787. The van der Waals surface area contributed by atoms with Gasteiger partial charge in [0.1, 0.15) is 0 Å². The lowest BCUT2D eigenvalue weighted by Crippen LogP contribution is -2.30. The van der Waals surface area contributed by atoms with Crippen LogP contribution in [0.15, 0.2) is 186 Å². The van der Waals surface area contributed by atoms with E-state index in [4.69, 9.17) is 0 Å². The highest BCUT2D eigenvalue weighted by atomic mass is 15.2. The molecule has 6 aromatic rings. The van der Waals surface area contributed by atoms with E-state index in [9.17, 15) is 0 Å². The topological polar surface area (TPSA) is 3.24 Å². The second-order valence-corrected chi connectivity index (χ2v) is 18.6. The minimum atomic E-state index is 0.0787. The molecule has 0 spiro atoms. The van der Waals surface area contributed by atoms with Gasteiger partial charge < -0.3 is 4.90 Å². The third kappa shape index (κ3) is 7.02. The van der Waals surface area contributed by atoms with Crippen molar-refractivity contribution in [1.82, 2.24) is 0 Å². The van der Waals surface area contributed by atoms with Gasteiger partial charge in [0.15, 0.2) is 0 Å². The molecule has 1 heteroatoms. The Morgan fingerprint density at radius 3 is 1.90 bits per heavy atom. The van der Waals surface area contributed by atoms with Crippen molar-refractivity contribution >= 4 is 38.5 Å². The maximum absolute atomic E-state index is 2.60. The van der Waals surface area contributed by atoms with E-state index in [2.05, 4.69) is 217 Å². The summed E-state index contributed by atoms with van der Waals surface area (Å²) in [5.74, 6) is 0.209. The molecular formula is C57H55N. The molecule has 0 amide bonds. The number of benzene rings is 5. The van der Waals surface area contributed by atoms with E-state index in [1.807, 2.05) is 0 Å². The molecule has 3 aliphatic rings. The summed E-state index contributed by atoms with van der Waals surface area (Å²) in [6.45, 7) is 16.1. The van der Waals surface area contributed by atoms with Crippen LogP contribution in [0.3, 0.4) is 0 Å². The Morgan fingerprint density at radius 1 is 0.586 bits per heavy atom. The van der Waals surface area contributed by atoms with Crippen molar-refractivity contribution in [2.45, 2.75) is 78.6 Å². The second kappa shape index (κ2) is 14.8. The molecule has 1 nitrogen and oxygen atoms in total. The van der Waals surface area contributed by atoms with Gasteiger partial charge in [0.25, 0.3) is 0 Å². The van der Waals surface area contributed by atoms with Gasteiger partial charge in [-0.3, -0.25) is 0 Å². The third-order valence-corrected chi connectivity index (χ3v) is 12.4. The maximum Gasteiger partial charge on any atom is 0.0458 e. The smallest absolute Gasteiger partial charge is 0.0458 e. The van der Waals surface area contributed by atoms with E-state index in [1.165, 1.54) is 94.3 Å². The van der Waals surface area contributed by atoms with Crippen molar-refractivity contribution in [2.75, 3.05) is 4.90 Å². The first-order valence-corrected chi connectivity index (χ1v) is 21.2. The van der Waals surface area contributed by atoms with Gasteiger partial charge in [-0.1, -0.05) is 169 Å². The Balaban J connectivity index is 1.27. The second-order valence-electron chi connectivity index (χ2n) is 18.6. The van der Waals surface area contributed by atoms with Crippen molar-refractivity contribution in [2.24, 2.45) is 5.92 Å². The average Bonchev–Trinajstić information content (AvgIpc) is 3.21. The molecule has 288 valence electrons. The quantitative estimate of drug-likeness (QED) is 0.169. The molecule has 3 aliphatic carbocycles. The number of rotatable bonds is 5. The molecule has 58 heavy (non-hydrogen) atoms.